The SMILES string of the molecule is O=C(O)CC1CS(=O)(=O)CCN1Cc1ccc(Br)cc1F. The van der Waals surface area contributed by atoms with Crippen molar-refractivity contribution < 1.29 is 22.7 Å². The summed E-state index contributed by atoms with van der Waals surface area (Å²) in [4.78, 5) is 12.6. The zero-order chi connectivity index (χ0) is 15.6. The van der Waals surface area contributed by atoms with Crippen molar-refractivity contribution in [2.24, 2.45) is 0 Å². The second kappa shape index (κ2) is 6.41. The van der Waals surface area contributed by atoms with Crippen molar-refractivity contribution >= 4 is 31.7 Å². The van der Waals surface area contributed by atoms with Crippen LogP contribution in [0.15, 0.2) is 22.7 Å². The van der Waals surface area contributed by atoms with Gasteiger partial charge in [-0.05, 0) is 12.1 Å². The monoisotopic (exact) mass is 379 g/mol. The highest BCUT2D eigenvalue weighted by Crippen LogP contribution is 2.21. The minimum atomic E-state index is -3.23. The molecule has 1 saturated heterocycles. The highest BCUT2D eigenvalue weighted by molar-refractivity contribution is 9.10. The first-order valence-corrected chi connectivity index (χ1v) is 8.98. The number of hydrogen-bond donors (Lipinski definition) is 1. The van der Waals surface area contributed by atoms with E-state index in [1.165, 1.54) is 6.07 Å². The number of carboxylic acid groups (broad SMARTS) is 1. The third-order valence-corrected chi connectivity index (χ3v) is 5.64. The first kappa shape index (κ1) is 16.4. The fourth-order valence-corrected chi connectivity index (χ4v) is 4.31. The van der Waals surface area contributed by atoms with Gasteiger partial charge >= 0.3 is 5.97 Å². The van der Waals surface area contributed by atoms with E-state index >= 15 is 0 Å². The van der Waals surface area contributed by atoms with E-state index in [1.807, 2.05) is 0 Å². The van der Waals surface area contributed by atoms with E-state index < -0.39 is 27.7 Å². The molecule has 0 spiro atoms. The molecule has 1 aliphatic heterocycles. The molecular formula is C13H15BrFNO4S. The Kier molecular flexibility index (Phi) is 5.00. The topological polar surface area (TPSA) is 74.7 Å². The van der Waals surface area contributed by atoms with E-state index in [9.17, 15) is 17.6 Å². The summed E-state index contributed by atoms with van der Waals surface area (Å²) in [6.45, 7) is 0.419. The predicted molar refractivity (Wildman–Crippen MR) is 79.2 cm³/mol. The maximum atomic E-state index is 13.9. The number of sulfone groups is 1. The van der Waals surface area contributed by atoms with E-state index in [1.54, 1.807) is 17.0 Å². The van der Waals surface area contributed by atoms with Gasteiger partial charge in [-0.3, -0.25) is 9.69 Å². The summed E-state index contributed by atoms with van der Waals surface area (Å²) in [7, 11) is -3.23. The second-order valence-corrected chi connectivity index (χ2v) is 8.22. The number of rotatable bonds is 4. The fourth-order valence-electron chi connectivity index (χ4n) is 2.39. The molecule has 1 aromatic rings. The molecule has 1 N–H and O–H groups in total. The molecule has 0 aliphatic carbocycles. The molecule has 2 rings (SSSR count). The van der Waals surface area contributed by atoms with Crippen molar-refractivity contribution in [2.45, 2.75) is 19.0 Å². The molecule has 1 aliphatic rings. The first-order chi connectivity index (χ1) is 9.77. The molecule has 1 unspecified atom stereocenters. The van der Waals surface area contributed by atoms with Gasteiger partial charge in [0.1, 0.15) is 5.82 Å². The Hall–Kier alpha value is -0.990. The summed E-state index contributed by atoms with van der Waals surface area (Å²) < 4.78 is 37.8. The fraction of sp³-hybridized carbons (Fsp3) is 0.462. The molecule has 0 amide bonds. The molecule has 5 nitrogen and oxygen atoms in total. The van der Waals surface area contributed by atoms with E-state index in [-0.39, 0.29) is 31.0 Å². The summed E-state index contributed by atoms with van der Waals surface area (Å²) >= 11 is 3.17. The molecule has 116 valence electrons. The molecule has 0 aromatic heterocycles. The number of hydrogen-bond acceptors (Lipinski definition) is 4. The van der Waals surface area contributed by atoms with Crippen LogP contribution < -0.4 is 0 Å². The molecule has 0 saturated carbocycles. The zero-order valence-corrected chi connectivity index (χ0v) is 13.5. The summed E-state index contributed by atoms with van der Waals surface area (Å²) in [5, 5.41) is 8.91. The molecule has 1 heterocycles. The Bertz CT molecular complexity index is 650. The van der Waals surface area contributed by atoms with E-state index in [0.29, 0.717) is 10.0 Å². The molecule has 0 radical (unpaired) electrons. The second-order valence-electron chi connectivity index (χ2n) is 5.07. The Labute approximate surface area is 130 Å². The van der Waals surface area contributed by atoms with Crippen LogP contribution in [0, 0.1) is 5.82 Å². The average Bonchev–Trinajstić information content (AvgIpc) is 2.34. The number of aliphatic carboxylic acids is 1. The highest BCUT2D eigenvalue weighted by atomic mass is 79.9. The van der Waals surface area contributed by atoms with Gasteiger partial charge in [0, 0.05) is 29.2 Å². The summed E-state index contributed by atoms with van der Waals surface area (Å²) in [6, 6.07) is 4.03. The molecule has 8 heteroatoms. The summed E-state index contributed by atoms with van der Waals surface area (Å²) in [5.74, 6) is -1.68. The van der Waals surface area contributed by atoms with Crippen molar-refractivity contribution in [1.29, 1.82) is 0 Å². The Morgan fingerprint density at radius 2 is 2.19 bits per heavy atom. The van der Waals surface area contributed by atoms with Crippen LogP contribution in [0.4, 0.5) is 4.39 Å². The van der Waals surface area contributed by atoms with Gasteiger partial charge in [-0.15, -0.1) is 0 Å². The van der Waals surface area contributed by atoms with Crippen LogP contribution in [-0.4, -0.2) is 48.5 Å². The predicted octanol–water partition coefficient (Wildman–Crippen LogP) is 1.66. The third-order valence-electron chi connectivity index (χ3n) is 3.45. The smallest absolute Gasteiger partial charge is 0.304 e. The van der Waals surface area contributed by atoms with Gasteiger partial charge in [0.15, 0.2) is 9.84 Å². The highest BCUT2D eigenvalue weighted by Gasteiger charge is 2.32. The van der Waals surface area contributed by atoms with E-state index in [4.69, 9.17) is 5.11 Å². The van der Waals surface area contributed by atoms with Crippen LogP contribution >= 0.6 is 15.9 Å². The Morgan fingerprint density at radius 3 is 2.81 bits per heavy atom. The lowest BCUT2D eigenvalue weighted by Gasteiger charge is -2.34. The molecule has 21 heavy (non-hydrogen) atoms. The van der Waals surface area contributed by atoms with Crippen LogP contribution in [-0.2, 0) is 21.2 Å². The maximum absolute atomic E-state index is 13.9. The average molecular weight is 380 g/mol. The zero-order valence-electron chi connectivity index (χ0n) is 11.1. The number of carbonyl (C=O) groups is 1. The van der Waals surface area contributed by atoms with Crippen molar-refractivity contribution in [2.75, 3.05) is 18.1 Å². The largest absolute Gasteiger partial charge is 0.481 e. The summed E-state index contributed by atoms with van der Waals surface area (Å²) in [5.41, 5.74) is 0.424. The van der Waals surface area contributed by atoms with Crippen LogP contribution in [0.5, 0.6) is 0 Å². The molecule has 1 fully saturated rings. The van der Waals surface area contributed by atoms with Crippen molar-refractivity contribution in [3.63, 3.8) is 0 Å². The molecule has 0 bridgehead atoms. The van der Waals surface area contributed by atoms with Crippen molar-refractivity contribution in [1.82, 2.24) is 4.90 Å². The maximum Gasteiger partial charge on any atom is 0.304 e. The van der Waals surface area contributed by atoms with Gasteiger partial charge in [0.25, 0.3) is 0 Å². The van der Waals surface area contributed by atoms with Gasteiger partial charge in [0.05, 0.1) is 17.9 Å². The lowest BCUT2D eigenvalue weighted by molar-refractivity contribution is -0.138. The normalized spacial score (nSPS) is 22.1. The molecule has 1 aromatic carbocycles. The lowest BCUT2D eigenvalue weighted by Crippen LogP contribution is -2.48. The van der Waals surface area contributed by atoms with E-state index in [2.05, 4.69) is 15.9 Å². The van der Waals surface area contributed by atoms with Gasteiger partial charge in [-0.25, -0.2) is 12.8 Å². The number of nitrogens with zero attached hydrogens (tertiary/aromatic N) is 1. The molecular weight excluding hydrogens is 365 g/mol. The minimum absolute atomic E-state index is 0.0265. The summed E-state index contributed by atoms with van der Waals surface area (Å²) in [6.07, 6.45) is -0.266. The quantitative estimate of drug-likeness (QED) is 0.860. The van der Waals surface area contributed by atoms with Gasteiger partial charge in [-0.2, -0.15) is 0 Å². The molecule has 1 atom stereocenters. The van der Waals surface area contributed by atoms with Crippen LogP contribution in [0.25, 0.3) is 0 Å². The standard InChI is InChI=1S/C13H15BrFNO4S/c14-10-2-1-9(12(15)5-10)7-16-3-4-21(19,20)8-11(16)6-13(17)18/h1-2,5,11H,3-4,6-8H2,(H,17,18). The van der Waals surface area contributed by atoms with Crippen molar-refractivity contribution in [3.05, 3.63) is 34.1 Å². The number of carboxylic acids is 1. The number of benzene rings is 1. The minimum Gasteiger partial charge on any atom is -0.481 e. The van der Waals surface area contributed by atoms with Crippen molar-refractivity contribution in [3.8, 4) is 0 Å². The number of halogens is 2. The Balaban J connectivity index is 2.18. The van der Waals surface area contributed by atoms with Gasteiger partial charge in [0.2, 0.25) is 0 Å². The van der Waals surface area contributed by atoms with Crippen LogP contribution in [0.1, 0.15) is 12.0 Å². The third kappa shape index (κ3) is 4.49. The first-order valence-electron chi connectivity index (χ1n) is 6.37. The Morgan fingerprint density at radius 1 is 1.48 bits per heavy atom. The van der Waals surface area contributed by atoms with Gasteiger partial charge in [-0.1, -0.05) is 22.0 Å². The van der Waals surface area contributed by atoms with Crippen LogP contribution in [0.2, 0.25) is 0 Å². The van der Waals surface area contributed by atoms with E-state index in [0.717, 1.165) is 0 Å². The lowest BCUT2D eigenvalue weighted by atomic mass is 10.1. The van der Waals surface area contributed by atoms with Crippen LogP contribution in [0.3, 0.4) is 0 Å². The van der Waals surface area contributed by atoms with Gasteiger partial charge < -0.3 is 5.11 Å².